The Morgan fingerprint density at radius 2 is 1.71 bits per heavy atom. The van der Waals surface area contributed by atoms with Crippen LogP contribution in [0.1, 0.15) is 18.6 Å². The first-order valence-corrected chi connectivity index (χ1v) is 5.01. The van der Waals surface area contributed by atoms with Gasteiger partial charge in [0.1, 0.15) is 0 Å². The first-order valence-electron chi connectivity index (χ1n) is 3.94. The Labute approximate surface area is 95.6 Å². The van der Waals surface area contributed by atoms with Gasteiger partial charge in [0, 0.05) is 0 Å². The molecule has 0 saturated carbocycles. The molecule has 0 amide bonds. The van der Waals surface area contributed by atoms with Crippen LogP contribution in [0.2, 0.25) is 0 Å². The Kier molecular flexibility index (Phi) is 3.87. The molecule has 0 saturated heterocycles. The van der Waals surface area contributed by atoms with Crippen LogP contribution in [0.3, 0.4) is 0 Å². The molecule has 1 aromatic heterocycles. The molecular weight excluding hydrogens is 299 g/mol. The first kappa shape index (κ1) is 11.4. The molecule has 0 bridgehead atoms. The molecule has 0 fully saturated rings. The topological polar surface area (TPSA) is 64.5 Å². The average Bonchev–Trinajstić information content (AvgIpc) is 2.16. The van der Waals surface area contributed by atoms with Gasteiger partial charge < -0.3 is 14.6 Å². The summed E-state index contributed by atoms with van der Waals surface area (Å²) in [6, 6.07) is 0. The summed E-state index contributed by atoms with van der Waals surface area (Å²) in [5.74, 6) is 0.715. The van der Waals surface area contributed by atoms with Crippen LogP contribution >= 0.6 is 22.6 Å². The van der Waals surface area contributed by atoms with Gasteiger partial charge in [0.25, 0.3) is 0 Å². The van der Waals surface area contributed by atoms with Crippen LogP contribution in [0, 0.1) is 3.57 Å². The van der Waals surface area contributed by atoms with Crippen molar-refractivity contribution in [3.8, 4) is 11.8 Å². The Morgan fingerprint density at radius 3 is 2.14 bits per heavy atom. The Balaban J connectivity index is 3.31. The lowest BCUT2D eigenvalue weighted by Gasteiger charge is -2.12. The fourth-order valence-electron chi connectivity index (χ4n) is 1.04. The highest BCUT2D eigenvalue weighted by Gasteiger charge is 2.19. The molecule has 6 heteroatoms. The Hall–Kier alpha value is -0.630. The van der Waals surface area contributed by atoms with E-state index in [0.29, 0.717) is 20.9 Å². The molecule has 0 aliphatic rings. The molecule has 0 aliphatic heterocycles. The Bertz CT molecular complexity index is 331. The monoisotopic (exact) mass is 310 g/mol. The van der Waals surface area contributed by atoms with Crippen LogP contribution in [0.15, 0.2) is 0 Å². The van der Waals surface area contributed by atoms with E-state index in [4.69, 9.17) is 9.47 Å². The highest BCUT2D eigenvalue weighted by Crippen LogP contribution is 2.31. The zero-order valence-corrected chi connectivity index (χ0v) is 10.3. The molecule has 0 aromatic carbocycles. The molecule has 1 rings (SSSR count). The highest BCUT2D eigenvalue weighted by molar-refractivity contribution is 14.1. The molecule has 1 atom stereocenters. The maximum absolute atomic E-state index is 9.53. The van der Waals surface area contributed by atoms with Gasteiger partial charge in [0.05, 0.1) is 29.5 Å². The van der Waals surface area contributed by atoms with Gasteiger partial charge in [-0.1, -0.05) is 0 Å². The van der Waals surface area contributed by atoms with Crippen molar-refractivity contribution in [1.29, 1.82) is 0 Å². The number of rotatable bonds is 3. The number of ether oxygens (including phenoxy) is 2. The van der Waals surface area contributed by atoms with Crippen LogP contribution in [0.5, 0.6) is 11.8 Å². The average molecular weight is 310 g/mol. The number of hydrogen-bond acceptors (Lipinski definition) is 5. The summed E-state index contributed by atoms with van der Waals surface area (Å²) in [5.41, 5.74) is 0.597. The molecule has 5 nitrogen and oxygen atoms in total. The lowest BCUT2D eigenvalue weighted by Crippen LogP contribution is -2.06. The lowest BCUT2D eigenvalue weighted by atomic mass is 10.2. The van der Waals surface area contributed by atoms with Gasteiger partial charge in [-0.05, 0) is 29.5 Å². The number of aliphatic hydroxyl groups excluding tert-OH is 1. The normalized spacial score (nSPS) is 12.4. The number of aromatic nitrogens is 2. The van der Waals surface area contributed by atoms with Gasteiger partial charge in [-0.2, -0.15) is 0 Å². The van der Waals surface area contributed by atoms with Gasteiger partial charge >= 0.3 is 0 Å². The van der Waals surface area contributed by atoms with E-state index < -0.39 is 6.10 Å². The van der Waals surface area contributed by atoms with E-state index in [1.807, 2.05) is 22.6 Å². The van der Waals surface area contributed by atoms with Crippen molar-refractivity contribution in [2.45, 2.75) is 13.0 Å². The number of nitrogens with zero attached hydrogens (tertiary/aromatic N) is 2. The first-order chi connectivity index (χ1) is 6.61. The molecular formula is C8H11IN2O3. The quantitative estimate of drug-likeness (QED) is 0.849. The third kappa shape index (κ3) is 2.06. The molecule has 1 N–H and O–H groups in total. The third-order valence-electron chi connectivity index (χ3n) is 1.69. The molecule has 78 valence electrons. The summed E-state index contributed by atoms with van der Waals surface area (Å²) in [4.78, 5) is 0. The van der Waals surface area contributed by atoms with Crippen molar-refractivity contribution in [1.82, 2.24) is 10.2 Å². The molecule has 1 heterocycles. The van der Waals surface area contributed by atoms with E-state index in [1.165, 1.54) is 14.2 Å². The summed E-state index contributed by atoms with van der Waals surface area (Å²) in [7, 11) is 2.99. The fraction of sp³-hybridized carbons (Fsp3) is 0.500. The van der Waals surface area contributed by atoms with E-state index in [9.17, 15) is 5.11 Å². The molecule has 14 heavy (non-hydrogen) atoms. The SMILES string of the molecule is COc1nnc(OC)c(C(C)O)c1I. The number of methoxy groups -OCH3 is 2. The standard InChI is InChI=1S/C8H11IN2O3/c1-4(12)5-6(9)8(14-3)11-10-7(5)13-2/h4,12H,1-3H3. The van der Waals surface area contributed by atoms with Crippen LogP contribution in [0.4, 0.5) is 0 Å². The second-order valence-electron chi connectivity index (χ2n) is 2.62. The summed E-state index contributed by atoms with van der Waals surface area (Å²) in [6.07, 6.45) is -0.666. The maximum atomic E-state index is 9.53. The van der Waals surface area contributed by atoms with Crippen LogP contribution in [-0.4, -0.2) is 29.5 Å². The van der Waals surface area contributed by atoms with Gasteiger partial charge in [-0.15, -0.1) is 10.2 Å². The van der Waals surface area contributed by atoms with Gasteiger partial charge in [-0.3, -0.25) is 0 Å². The van der Waals surface area contributed by atoms with E-state index in [2.05, 4.69) is 10.2 Å². The van der Waals surface area contributed by atoms with Crippen molar-refractivity contribution in [3.05, 3.63) is 9.13 Å². The Morgan fingerprint density at radius 1 is 1.21 bits per heavy atom. The minimum atomic E-state index is -0.666. The van der Waals surface area contributed by atoms with Crippen molar-refractivity contribution in [3.63, 3.8) is 0 Å². The second-order valence-corrected chi connectivity index (χ2v) is 3.70. The minimum Gasteiger partial charge on any atom is -0.480 e. The summed E-state index contributed by atoms with van der Waals surface area (Å²) in [5, 5.41) is 17.1. The predicted molar refractivity (Wildman–Crippen MR) is 58.5 cm³/mol. The fourth-order valence-corrected chi connectivity index (χ4v) is 2.05. The number of halogens is 1. The molecule has 0 aliphatic carbocycles. The van der Waals surface area contributed by atoms with Gasteiger partial charge in [-0.25, -0.2) is 0 Å². The maximum Gasteiger partial charge on any atom is 0.247 e. The molecule has 1 aromatic rings. The lowest BCUT2D eigenvalue weighted by molar-refractivity contribution is 0.190. The van der Waals surface area contributed by atoms with Crippen molar-refractivity contribution >= 4 is 22.6 Å². The van der Waals surface area contributed by atoms with Crippen molar-refractivity contribution in [2.75, 3.05) is 14.2 Å². The van der Waals surface area contributed by atoms with Gasteiger partial charge in [0.2, 0.25) is 11.8 Å². The van der Waals surface area contributed by atoms with Crippen LogP contribution < -0.4 is 9.47 Å². The number of hydrogen-bond donors (Lipinski definition) is 1. The van der Waals surface area contributed by atoms with E-state index in [0.717, 1.165) is 0 Å². The largest absolute Gasteiger partial charge is 0.480 e. The smallest absolute Gasteiger partial charge is 0.247 e. The molecule has 0 radical (unpaired) electrons. The van der Waals surface area contributed by atoms with Gasteiger partial charge in [0.15, 0.2) is 0 Å². The molecule has 1 unspecified atom stereocenters. The summed E-state index contributed by atoms with van der Waals surface area (Å²) >= 11 is 2.04. The summed E-state index contributed by atoms with van der Waals surface area (Å²) < 4.78 is 10.7. The second kappa shape index (κ2) is 4.74. The van der Waals surface area contributed by atoms with Crippen molar-refractivity contribution < 1.29 is 14.6 Å². The zero-order chi connectivity index (χ0) is 10.7. The predicted octanol–water partition coefficient (Wildman–Crippen LogP) is 1.15. The molecule has 0 spiro atoms. The van der Waals surface area contributed by atoms with Crippen LogP contribution in [-0.2, 0) is 0 Å². The van der Waals surface area contributed by atoms with E-state index in [1.54, 1.807) is 6.92 Å². The third-order valence-corrected chi connectivity index (χ3v) is 2.73. The van der Waals surface area contributed by atoms with E-state index >= 15 is 0 Å². The summed E-state index contributed by atoms with van der Waals surface area (Å²) in [6.45, 7) is 1.64. The van der Waals surface area contributed by atoms with Crippen molar-refractivity contribution in [2.24, 2.45) is 0 Å². The number of aliphatic hydroxyl groups is 1. The zero-order valence-electron chi connectivity index (χ0n) is 8.11. The minimum absolute atomic E-state index is 0.324. The van der Waals surface area contributed by atoms with Crippen LogP contribution in [0.25, 0.3) is 0 Å². The highest BCUT2D eigenvalue weighted by atomic mass is 127. The van der Waals surface area contributed by atoms with E-state index in [-0.39, 0.29) is 0 Å².